The predicted molar refractivity (Wildman–Crippen MR) is 92.2 cm³/mol. The Morgan fingerprint density at radius 2 is 2.04 bits per heavy atom. The predicted octanol–water partition coefficient (Wildman–Crippen LogP) is 2.06. The molecule has 6 heteroatoms. The molecule has 0 aliphatic carbocycles. The Morgan fingerprint density at radius 3 is 2.75 bits per heavy atom. The second kappa shape index (κ2) is 7.13. The van der Waals surface area contributed by atoms with Crippen LogP contribution in [-0.2, 0) is 11.3 Å². The van der Waals surface area contributed by atoms with Gasteiger partial charge in [-0.1, -0.05) is 32.0 Å². The monoisotopic (exact) mass is 329 g/mol. The zero-order valence-electron chi connectivity index (χ0n) is 14.2. The first kappa shape index (κ1) is 16.6. The van der Waals surface area contributed by atoms with Gasteiger partial charge in [-0.25, -0.2) is 4.68 Å². The molecule has 2 heterocycles. The van der Waals surface area contributed by atoms with E-state index in [-0.39, 0.29) is 17.6 Å². The highest BCUT2D eigenvalue weighted by Gasteiger charge is 2.27. The maximum Gasteiger partial charge on any atom is 0.275 e. The number of nitrogens with zero attached hydrogens (tertiary/aromatic N) is 3. The van der Waals surface area contributed by atoms with Gasteiger partial charge < -0.3 is 9.64 Å². The maximum atomic E-state index is 13.0. The molecule has 1 saturated heterocycles. The zero-order valence-corrected chi connectivity index (χ0v) is 14.2. The first-order valence-electron chi connectivity index (χ1n) is 8.56. The number of rotatable bonds is 4. The third kappa shape index (κ3) is 3.06. The number of hydrogen-bond acceptors (Lipinski definition) is 4. The molecule has 24 heavy (non-hydrogen) atoms. The standard InChI is InChI=1S/C18H23N3O3/c1-3-9-21-17(22)15-8-6-5-7-14(15)16(19-21)18(23)20-10-11-24-13(4-2)12-20/h5-8,13H,3-4,9-12H2,1-2H3/t13-/m1/s1. The van der Waals surface area contributed by atoms with E-state index in [1.165, 1.54) is 4.68 Å². The number of ether oxygens (including phenoxy) is 1. The molecule has 0 N–H and O–H groups in total. The average molecular weight is 329 g/mol. The van der Waals surface area contributed by atoms with Crippen molar-refractivity contribution in [2.75, 3.05) is 19.7 Å². The lowest BCUT2D eigenvalue weighted by Crippen LogP contribution is -2.46. The van der Waals surface area contributed by atoms with Crippen LogP contribution in [0.2, 0.25) is 0 Å². The van der Waals surface area contributed by atoms with E-state index in [1.807, 2.05) is 26.0 Å². The number of hydrogen-bond donors (Lipinski definition) is 0. The number of aryl methyl sites for hydroxylation is 1. The molecular weight excluding hydrogens is 306 g/mol. The van der Waals surface area contributed by atoms with Gasteiger partial charge in [0, 0.05) is 25.0 Å². The van der Waals surface area contributed by atoms with Crippen LogP contribution in [0, 0.1) is 0 Å². The Morgan fingerprint density at radius 1 is 1.29 bits per heavy atom. The van der Waals surface area contributed by atoms with Crippen LogP contribution in [0.4, 0.5) is 0 Å². The van der Waals surface area contributed by atoms with Gasteiger partial charge in [-0.15, -0.1) is 0 Å². The van der Waals surface area contributed by atoms with E-state index in [2.05, 4.69) is 5.10 Å². The highest BCUT2D eigenvalue weighted by molar-refractivity contribution is 6.04. The number of benzene rings is 1. The summed E-state index contributed by atoms with van der Waals surface area (Å²) in [7, 11) is 0. The Hall–Kier alpha value is -2.21. The Bertz CT molecular complexity index is 800. The van der Waals surface area contributed by atoms with Gasteiger partial charge in [-0.3, -0.25) is 9.59 Å². The molecule has 1 fully saturated rings. The van der Waals surface area contributed by atoms with Crippen molar-refractivity contribution in [1.29, 1.82) is 0 Å². The summed E-state index contributed by atoms with van der Waals surface area (Å²) in [6.45, 7) is 6.20. The number of fused-ring (bicyclic) bond motifs is 1. The van der Waals surface area contributed by atoms with Crippen LogP contribution in [0.5, 0.6) is 0 Å². The normalized spacial score (nSPS) is 18.1. The minimum atomic E-state index is -0.141. The number of carbonyl (C=O) groups is 1. The zero-order chi connectivity index (χ0) is 17.1. The topological polar surface area (TPSA) is 64.4 Å². The fourth-order valence-corrected chi connectivity index (χ4v) is 3.06. The van der Waals surface area contributed by atoms with Crippen LogP contribution in [0.3, 0.4) is 0 Å². The van der Waals surface area contributed by atoms with E-state index >= 15 is 0 Å². The van der Waals surface area contributed by atoms with E-state index in [0.29, 0.717) is 42.7 Å². The van der Waals surface area contributed by atoms with Gasteiger partial charge in [0.15, 0.2) is 5.69 Å². The van der Waals surface area contributed by atoms with E-state index in [9.17, 15) is 9.59 Å². The van der Waals surface area contributed by atoms with Crippen LogP contribution in [0.15, 0.2) is 29.1 Å². The van der Waals surface area contributed by atoms with Crippen molar-refractivity contribution in [3.8, 4) is 0 Å². The first-order chi connectivity index (χ1) is 11.7. The minimum absolute atomic E-state index is 0.0653. The van der Waals surface area contributed by atoms with Gasteiger partial charge in [0.1, 0.15) is 0 Å². The molecule has 1 amide bonds. The lowest BCUT2D eigenvalue weighted by Gasteiger charge is -2.32. The molecule has 1 atom stereocenters. The van der Waals surface area contributed by atoms with Gasteiger partial charge >= 0.3 is 0 Å². The molecule has 2 aromatic rings. The van der Waals surface area contributed by atoms with Gasteiger partial charge in [0.25, 0.3) is 11.5 Å². The van der Waals surface area contributed by atoms with Gasteiger partial charge in [0.05, 0.1) is 18.1 Å². The smallest absolute Gasteiger partial charge is 0.275 e. The Balaban J connectivity index is 2.06. The van der Waals surface area contributed by atoms with Gasteiger partial charge in [0.2, 0.25) is 0 Å². The van der Waals surface area contributed by atoms with Crippen molar-refractivity contribution < 1.29 is 9.53 Å². The molecule has 0 bridgehead atoms. The molecule has 3 rings (SSSR count). The summed E-state index contributed by atoms with van der Waals surface area (Å²) in [6.07, 6.45) is 1.72. The largest absolute Gasteiger partial charge is 0.375 e. The highest BCUT2D eigenvalue weighted by Crippen LogP contribution is 2.17. The number of aromatic nitrogens is 2. The molecule has 6 nitrogen and oxygen atoms in total. The molecule has 1 aliphatic rings. The van der Waals surface area contributed by atoms with E-state index in [0.717, 1.165) is 12.8 Å². The molecular formula is C18H23N3O3. The van der Waals surface area contributed by atoms with Crippen molar-refractivity contribution in [1.82, 2.24) is 14.7 Å². The van der Waals surface area contributed by atoms with Crippen LogP contribution >= 0.6 is 0 Å². The second-order valence-electron chi connectivity index (χ2n) is 6.07. The number of carbonyl (C=O) groups excluding carboxylic acids is 1. The second-order valence-corrected chi connectivity index (χ2v) is 6.07. The first-order valence-corrected chi connectivity index (χ1v) is 8.56. The molecule has 0 spiro atoms. The Labute approximate surface area is 141 Å². The highest BCUT2D eigenvalue weighted by atomic mass is 16.5. The van der Waals surface area contributed by atoms with Gasteiger partial charge in [-0.2, -0.15) is 5.10 Å². The summed E-state index contributed by atoms with van der Waals surface area (Å²) in [5, 5.41) is 5.56. The van der Waals surface area contributed by atoms with Crippen LogP contribution in [0.1, 0.15) is 37.2 Å². The lowest BCUT2D eigenvalue weighted by molar-refractivity contribution is -0.0228. The van der Waals surface area contributed by atoms with Crippen LogP contribution in [-0.4, -0.2) is 46.4 Å². The number of morpholine rings is 1. The van der Waals surface area contributed by atoms with Crippen molar-refractivity contribution in [3.63, 3.8) is 0 Å². The van der Waals surface area contributed by atoms with Crippen LogP contribution < -0.4 is 5.56 Å². The summed E-state index contributed by atoms with van der Waals surface area (Å²) in [5.74, 6) is -0.127. The third-order valence-electron chi connectivity index (χ3n) is 4.39. The van der Waals surface area contributed by atoms with Crippen molar-refractivity contribution >= 4 is 16.7 Å². The van der Waals surface area contributed by atoms with Crippen LogP contribution in [0.25, 0.3) is 10.8 Å². The fraction of sp³-hybridized carbons (Fsp3) is 0.500. The molecule has 0 saturated carbocycles. The van der Waals surface area contributed by atoms with E-state index < -0.39 is 0 Å². The maximum absolute atomic E-state index is 13.0. The van der Waals surface area contributed by atoms with Crippen molar-refractivity contribution in [2.45, 2.75) is 39.3 Å². The quantitative estimate of drug-likeness (QED) is 0.861. The summed E-state index contributed by atoms with van der Waals surface area (Å²) in [6, 6.07) is 7.20. The third-order valence-corrected chi connectivity index (χ3v) is 4.39. The van der Waals surface area contributed by atoms with Crippen molar-refractivity contribution in [2.24, 2.45) is 0 Å². The van der Waals surface area contributed by atoms with Crippen molar-refractivity contribution in [3.05, 3.63) is 40.3 Å². The molecule has 1 aromatic carbocycles. The molecule has 1 aliphatic heterocycles. The summed E-state index contributed by atoms with van der Waals surface area (Å²) < 4.78 is 7.05. The molecule has 1 aromatic heterocycles. The lowest BCUT2D eigenvalue weighted by atomic mass is 10.1. The Kier molecular flexibility index (Phi) is 4.94. The summed E-state index contributed by atoms with van der Waals surface area (Å²) in [4.78, 5) is 27.3. The minimum Gasteiger partial charge on any atom is -0.375 e. The van der Waals surface area contributed by atoms with E-state index in [4.69, 9.17) is 4.74 Å². The molecule has 0 unspecified atom stereocenters. The number of amides is 1. The molecule has 0 radical (unpaired) electrons. The van der Waals surface area contributed by atoms with Gasteiger partial charge in [-0.05, 0) is 18.9 Å². The van der Waals surface area contributed by atoms with E-state index in [1.54, 1.807) is 17.0 Å². The molecule has 128 valence electrons. The fourth-order valence-electron chi connectivity index (χ4n) is 3.06. The summed E-state index contributed by atoms with van der Waals surface area (Å²) >= 11 is 0. The summed E-state index contributed by atoms with van der Waals surface area (Å²) in [5.41, 5.74) is 0.216. The average Bonchev–Trinajstić information content (AvgIpc) is 2.63. The SMILES string of the molecule is CCCn1nc(C(=O)N2CCO[C@H](CC)C2)c2ccccc2c1=O.